The van der Waals surface area contributed by atoms with Crippen LogP contribution in [0.3, 0.4) is 0 Å². The summed E-state index contributed by atoms with van der Waals surface area (Å²) in [5, 5.41) is 0. The second-order valence-electron chi connectivity index (χ2n) is 2.80. The zero-order valence-electron chi connectivity index (χ0n) is 7.46. The maximum Gasteiger partial charge on any atom is 0.420 e. The molecule has 7 heteroatoms. The Morgan fingerprint density at radius 2 is 1.60 bits per heavy atom. The van der Waals surface area contributed by atoms with Gasteiger partial charge in [-0.05, 0) is 0 Å². The van der Waals surface area contributed by atoms with E-state index in [-0.39, 0.29) is 12.7 Å². The van der Waals surface area contributed by atoms with Crippen molar-refractivity contribution in [2.45, 2.75) is 25.7 Å². The fraction of sp³-hybridized carbons (Fsp3) is 0.500. The van der Waals surface area contributed by atoms with Gasteiger partial charge in [0, 0.05) is 6.42 Å². The number of aryl methyl sites for hydroxylation is 1. The van der Waals surface area contributed by atoms with Crippen LogP contribution >= 0.6 is 0 Å². The van der Waals surface area contributed by atoms with E-state index in [1.807, 2.05) is 0 Å². The predicted molar refractivity (Wildman–Crippen MR) is 38.1 cm³/mol. The molecule has 1 heterocycles. The van der Waals surface area contributed by atoms with Crippen molar-refractivity contribution in [3.05, 3.63) is 23.2 Å². The lowest BCUT2D eigenvalue weighted by molar-refractivity contribution is -0.161. The van der Waals surface area contributed by atoms with Crippen LogP contribution in [0.25, 0.3) is 0 Å². The largest absolute Gasteiger partial charge is 0.468 e. The minimum atomic E-state index is -5.05. The molecule has 1 aromatic heterocycles. The highest BCUT2D eigenvalue weighted by atomic mass is 19.4. The Labute approximate surface area is 80.7 Å². The van der Waals surface area contributed by atoms with E-state index in [1.165, 1.54) is 6.92 Å². The molecule has 0 spiro atoms. The molecule has 1 rings (SSSR count). The molecule has 1 nitrogen and oxygen atoms in total. The topological polar surface area (TPSA) is 13.1 Å². The van der Waals surface area contributed by atoms with Gasteiger partial charge >= 0.3 is 12.4 Å². The molecular formula is C8H6F6O. The van der Waals surface area contributed by atoms with Gasteiger partial charge in [0.15, 0.2) is 0 Å². The van der Waals surface area contributed by atoms with Gasteiger partial charge in [-0.3, -0.25) is 0 Å². The predicted octanol–water partition coefficient (Wildman–Crippen LogP) is 3.88. The Morgan fingerprint density at radius 1 is 1.07 bits per heavy atom. The number of alkyl halides is 6. The van der Waals surface area contributed by atoms with Crippen molar-refractivity contribution in [3.8, 4) is 0 Å². The first kappa shape index (κ1) is 11.9. The van der Waals surface area contributed by atoms with Gasteiger partial charge in [0.2, 0.25) is 0 Å². The Bertz CT molecular complexity index is 345. The molecule has 86 valence electrons. The van der Waals surface area contributed by atoms with Crippen molar-refractivity contribution in [2.75, 3.05) is 0 Å². The molecule has 0 atom stereocenters. The molecule has 15 heavy (non-hydrogen) atoms. The molecule has 0 unspecified atom stereocenters. The monoisotopic (exact) mass is 232 g/mol. The van der Waals surface area contributed by atoms with Crippen LogP contribution in [0.4, 0.5) is 26.3 Å². The number of hydrogen-bond donors (Lipinski definition) is 0. The Balaban J connectivity index is 3.37. The smallest absolute Gasteiger partial charge is 0.420 e. The molecule has 0 saturated carbocycles. The molecule has 0 fully saturated rings. The van der Waals surface area contributed by atoms with Crippen molar-refractivity contribution in [1.29, 1.82) is 0 Å². The van der Waals surface area contributed by atoms with Gasteiger partial charge in [-0.15, -0.1) is 0 Å². The maximum atomic E-state index is 12.3. The van der Waals surface area contributed by atoms with Gasteiger partial charge in [-0.2, -0.15) is 26.3 Å². The SMILES string of the molecule is CCc1occ(C(F)(F)F)c1C(F)(F)F. The minimum Gasteiger partial charge on any atom is -0.468 e. The fourth-order valence-corrected chi connectivity index (χ4v) is 1.18. The highest BCUT2D eigenvalue weighted by Crippen LogP contribution is 2.43. The van der Waals surface area contributed by atoms with Crippen LogP contribution < -0.4 is 0 Å². The lowest BCUT2D eigenvalue weighted by Crippen LogP contribution is -2.15. The summed E-state index contributed by atoms with van der Waals surface area (Å²) in [5.41, 5.74) is -3.50. The third-order valence-corrected chi connectivity index (χ3v) is 1.78. The van der Waals surface area contributed by atoms with Crippen LogP contribution in [-0.2, 0) is 18.8 Å². The van der Waals surface area contributed by atoms with E-state index in [9.17, 15) is 26.3 Å². The third kappa shape index (κ3) is 2.27. The molecule has 0 bridgehead atoms. The molecule has 0 N–H and O–H groups in total. The number of halogens is 6. The van der Waals surface area contributed by atoms with Crippen LogP contribution in [0, 0.1) is 0 Å². The maximum absolute atomic E-state index is 12.3. The first-order valence-corrected chi connectivity index (χ1v) is 3.92. The second-order valence-corrected chi connectivity index (χ2v) is 2.80. The van der Waals surface area contributed by atoms with E-state index in [0.717, 1.165) is 0 Å². The summed E-state index contributed by atoms with van der Waals surface area (Å²) in [5.74, 6) is -0.699. The average molecular weight is 232 g/mol. The third-order valence-electron chi connectivity index (χ3n) is 1.78. The standard InChI is InChI=1S/C8H6F6O/c1-2-5-6(8(12,13)14)4(3-15-5)7(9,10)11/h3H,2H2,1H3. The quantitative estimate of drug-likeness (QED) is 0.669. The van der Waals surface area contributed by atoms with Crippen LogP contribution in [0.5, 0.6) is 0 Å². The Kier molecular flexibility index (Phi) is 2.75. The van der Waals surface area contributed by atoms with Crippen LogP contribution in [0.1, 0.15) is 23.8 Å². The molecule has 0 aliphatic heterocycles. The zero-order chi connectivity index (χ0) is 11.9. The van der Waals surface area contributed by atoms with Crippen molar-refractivity contribution >= 4 is 0 Å². The van der Waals surface area contributed by atoms with Crippen molar-refractivity contribution in [2.24, 2.45) is 0 Å². The summed E-state index contributed by atoms with van der Waals surface area (Å²) >= 11 is 0. The normalized spacial score (nSPS) is 13.3. The molecule has 0 aliphatic carbocycles. The minimum absolute atomic E-state index is 0.0989. The first-order chi connectivity index (χ1) is 6.68. The van der Waals surface area contributed by atoms with Crippen LogP contribution in [-0.4, -0.2) is 0 Å². The van der Waals surface area contributed by atoms with Gasteiger partial charge in [0.1, 0.15) is 23.2 Å². The van der Waals surface area contributed by atoms with E-state index in [0.29, 0.717) is 0 Å². The first-order valence-electron chi connectivity index (χ1n) is 3.92. The summed E-state index contributed by atoms with van der Waals surface area (Å²) < 4.78 is 77.7. The lowest BCUT2D eigenvalue weighted by atomic mass is 10.1. The zero-order valence-corrected chi connectivity index (χ0v) is 7.46. The Hall–Kier alpha value is -1.14. The molecule has 0 radical (unpaired) electrons. The highest BCUT2D eigenvalue weighted by Gasteiger charge is 2.46. The van der Waals surface area contributed by atoms with E-state index >= 15 is 0 Å². The second kappa shape index (κ2) is 3.46. The molecule has 1 aromatic rings. The van der Waals surface area contributed by atoms with Crippen molar-refractivity contribution in [3.63, 3.8) is 0 Å². The average Bonchev–Trinajstić information content (AvgIpc) is 2.44. The number of hydrogen-bond acceptors (Lipinski definition) is 1. The number of rotatable bonds is 1. The summed E-state index contributed by atoms with van der Waals surface area (Å²) in [7, 11) is 0. The Morgan fingerprint density at radius 3 is 1.93 bits per heavy atom. The van der Waals surface area contributed by atoms with E-state index in [2.05, 4.69) is 4.42 Å². The summed E-state index contributed by atoms with van der Waals surface area (Å²) in [4.78, 5) is 0. The number of furan rings is 1. The van der Waals surface area contributed by atoms with Crippen molar-refractivity contribution in [1.82, 2.24) is 0 Å². The van der Waals surface area contributed by atoms with Crippen molar-refractivity contribution < 1.29 is 30.8 Å². The summed E-state index contributed by atoms with van der Waals surface area (Å²) in [6.07, 6.45) is -10.3. The molecule has 0 amide bonds. The van der Waals surface area contributed by atoms with E-state index in [4.69, 9.17) is 0 Å². The van der Waals surface area contributed by atoms with E-state index < -0.39 is 29.2 Å². The van der Waals surface area contributed by atoms with Gasteiger partial charge in [-0.25, -0.2) is 0 Å². The highest BCUT2D eigenvalue weighted by molar-refractivity contribution is 5.33. The molecule has 0 aromatic carbocycles. The van der Waals surface area contributed by atoms with Gasteiger partial charge in [-0.1, -0.05) is 6.92 Å². The molecule has 0 aliphatic rings. The van der Waals surface area contributed by atoms with Crippen LogP contribution in [0.2, 0.25) is 0 Å². The van der Waals surface area contributed by atoms with Gasteiger partial charge < -0.3 is 4.42 Å². The van der Waals surface area contributed by atoms with Crippen LogP contribution in [0.15, 0.2) is 10.7 Å². The fourth-order valence-electron chi connectivity index (χ4n) is 1.18. The van der Waals surface area contributed by atoms with Gasteiger partial charge in [0.25, 0.3) is 0 Å². The summed E-state index contributed by atoms with van der Waals surface area (Å²) in [6.45, 7) is 1.29. The molecule has 0 saturated heterocycles. The lowest BCUT2D eigenvalue weighted by Gasteiger charge is -2.10. The van der Waals surface area contributed by atoms with Gasteiger partial charge in [0.05, 0.1) is 0 Å². The summed E-state index contributed by atoms with van der Waals surface area (Å²) in [6, 6.07) is 0. The molecular weight excluding hydrogens is 226 g/mol. The van der Waals surface area contributed by atoms with E-state index in [1.54, 1.807) is 0 Å².